The lowest BCUT2D eigenvalue weighted by atomic mass is 9.99. The molecule has 0 aliphatic carbocycles. The number of nitrogens with zero attached hydrogens (tertiary/aromatic N) is 4. The fraction of sp³-hybridized carbons (Fsp3) is 0.304. The van der Waals surface area contributed by atoms with Gasteiger partial charge in [-0.15, -0.1) is 21.5 Å². The quantitative estimate of drug-likeness (QED) is 0.392. The Morgan fingerprint density at radius 2 is 2.03 bits per heavy atom. The maximum absolute atomic E-state index is 12.8. The Balaban J connectivity index is 1.21. The van der Waals surface area contributed by atoms with Crippen LogP contribution in [0.2, 0.25) is 0 Å². The number of hydrogen-bond acceptors (Lipinski definition) is 7. The van der Waals surface area contributed by atoms with Gasteiger partial charge < -0.3 is 9.32 Å². The van der Waals surface area contributed by atoms with E-state index in [9.17, 15) is 4.79 Å². The number of aryl methyl sites for hydroxylation is 1. The maximum Gasteiger partial charge on any atom is 0.277 e. The summed E-state index contributed by atoms with van der Waals surface area (Å²) in [4.78, 5) is 19.6. The van der Waals surface area contributed by atoms with Gasteiger partial charge in [0.05, 0.1) is 21.0 Å². The van der Waals surface area contributed by atoms with E-state index < -0.39 is 0 Å². The molecule has 158 valence electrons. The number of rotatable bonds is 5. The smallest absolute Gasteiger partial charge is 0.277 e. The molecule has 2 aromatic carbocycles. The van der Waals surface area contributed by atoms with Crippen molar-refractivity contribution in [1.29, 1.82) is 0 Å². The zero-order chi connectivity index (χ0) is 21.2. The van der Waals surface area contributed by atoms with E-state index in [4.69, 9.17) is 9.40 Å². The van der Waals surface area contributed by atoms with Crippen molar-refractivity contribution in [2.75, 3.05) is 18.8 Å². The first-order valence-corrected chi connectivity index (χ1v) is 12.1. The van der Waals surface area contributed by atoms with Crippen molar-refractivity contribution in [3.8, 4) is 11.5 Å². The highest BCUT2D eigenvalue weighted by molar-refractivity contribution is 7.99. The summed E-state index contributed by atoms with van der Waals surface area (Å²) in [6, 6.07) is 16.1. The summed E-state index contributed by atoms with van der Waals surface area (Å²) in [7, 11) is 0. The Morgan fingerprint density at radius 3 is 2.90 bits per heavy atom. The predicted molar refractivity (Wildman–Crippen MR) is 123 cm³/mol. The molecule has 2 aromatic heterocycles. The Kier molecular flexibility index (Phi) is 5.74. The van der Waals surface area contributed by atoms with Crippen molar-refractivity contribution in [2.24, 2.45) is 0 Å². The van der Waals surface area contributed by atoms with E-state index in [1.807, 2.05) is 54.3 Å². The van der Waals surface area contributed by atoms with Gasteiger partial charge in [-0.2, -0.15) is 0 Å². The zero-order valence-electron chi connectivity index (χ0n) is 17.2. The largest absolute Gasteiger partial charge is 0.411 e. The average molecular weight is 451 g/mol. The molecule has 0 bridgehead atoms. The van der Waals surface area contributed by atoms with Gasteiger partial charge in [0.15, 0.2) is 0 Å². The molecular formula is C23H22N4O2S2. The summed E-state index contributed by atoms with van der Waals surface area (Å²) in [5.41, 5.74) is 3.04. The van der Waals surface area contributed by atoms with Crippen LogP contribution in [0.4, 0.5) is 0 Å². The van der Waals surface area contributed by atoms with Crippen LogP contribution in [0, 0.1) is 6.92 Å². The van der Waals surface area contributed by atoms with Crippen LogP contribution in [-0.4, -0.2) is 44.8 Å². The minimum absolute atomic E-state index is 0.103. The van der Waals surface area contributed by atoms with Gasteiger partial charge in [0.2, 0.25) is 11.8 Å². The molecule has 5 rings (SSSR count). The third-order valence-electron chi connectivity index (χ3n) is 5.53. The van der Waals surface area contributed by atoms with Gasteiger partial charge >= 0.3 is 0 Å². The molecule has 6 nitrogen and oxygen atoms in total. The third-order valence-corrected chi connectivity index (χ3v) is 7.54. The molecule has 1 fully saturated rings. The molecule has 31 heavy (non-hydrogen) atoms. The lowest BCUT2D eigenvalue weighted by Gasteiger charge is -2.31. The van der Waals surface area contributed by atoms with Crippen LogP contribution in [0.3, 0.4) is 0 Å². The van der Waals surface area contributed by atoms with E-state index in [1.54, 1.807) is 11.3 Å². The molecule has 0 saturated carbocycles. The molecule has 0 N–H and O–H groups in total. The van der Waals surface area contributed by atoms with E-state index >= 15 is 0 Å². The number of carbonyl (C=O) groups is 1. The van der Waals surface area contributed by atoms with E-state index in [0.717, 1.165) is 47.6 Å². The summed E-state index contributed by atoms with van der Waals surface area (Å²) in [5.74, 6) is 1.19. The van der Waals surface area contributed by atoms with E-state index in [-0.39, 0.29) is 5.91 Å². The minimum atomic E-state index is 0.103. The van der Waals surface area contributed by atoms with Gasteiger partial charge in [-0.3, -0.25) is 4.79 Å². The van der Waals surface area contributed by atoms with Crippen molar-refractivity contribution in [3.05, 3.63) is 59.1 Å². The summed E-state index contributed by atoms with van der Waals surface area (Å²) in [6.45, 7) is 3.52. The molecule has 1 saturated heterocycles. The summed E-state index contributed by atoms with van der Waals surface area (Å²) >= 11 is 3.04. The average Bonchev–Trinajstić information content (AvgIpc) is 3.45. The number of likely N-dealkylation sites (tertiary alicyclic amines) is 1. The van der Waals surface area contributed by atoms with Gasteiger partial charge in [0.25, 0.3) is 5.22 Å². The third kappa shape index (κ3) is 4.36. The number of thiazole rings is 1. The number of piperidine rings is 1. The molecule has 1 aliphatic rings. The zero-order valence-corrected chi connectivity index (χ0v) is 18.8. The molecule has 1 unspecified atom stereocenters. The van der Waals surface area contributed by atoms with E-state index in [2.05, 4.69) is 16.3 Å². The molecule has 0 radical (unpaired) electrons. The van der Waals surface area contributed by atoms with Crippen molar-refractivity contribution in [1.82, 2.24) is 20.1 Å². The first-order valence-electron chi connectivity index (χ1n) is 10.3. The van der Waals surface area contributed by atoms with Gasteiger partial charge in [0, 0.05) is 24.6 Å². The molecule has 4 aromatic rings. The SMILES string of the molecule is Cc1ccccc1-c1nnc(SCC(=O)N2CCCC(c3nc4ccccc4s3)C2)o1. The molecule has 1 aliphatic heterocycles. The molecule has 8 heteroatoms. The first kappa shape index (κ1) is 20.2. The minimum Gasteiger partial charge on any atom is -0.411 e. The second-order valence-electron chi connectivity index (χ2n) is 7.68. The Bertz CT molecular complexity index is 1190. The number of hydrogen-bond donors (Lipinski definition) is 0. The molecule has 3 heterocycles. The normalized spacial score (nSPS) is 16.7. The molecule has 1 amide bonds. The summed E-state index contributed by atoms with van der Waals surface area (Å²) < 4.78 is 6.98. The van der Waals surface area contributed by atoms with Crippen LogP contribution in [0.25, 0.3) is 21.7 Å². The highest BCUT2D eigenvalue weighted by Crippen LogP contribution is 2.33. The van der Waals surface area contributed by atoms with Crippen LogP contribution >= 0.6 is 23.1 Å². The van der Waals surface area contributed by atoms with Crippen LogP contribution in [0.15, 0.2) is 58.2 Å². The second kappa shape index (κ2) is 8.80. The maximum atomic E-state index is 12.8. The fourth-order valence-electron chi connectivity index (χ4n) is 3.87. The van der Waals surface area contributed by atoms with Gasteiger partial charge in [-0.1, -0.05) is 42.1 Å². The molecule has 0 spiro atoms. The highest BCUT2D eigenvalue weighted by Gasteiger charge is 2.27. The van der Waals surface area contributed by atoms with Crippen molar-refractivity contribution in [3.63, 3.8) is 0 Å². The summed E-state index contributed by atoms with van der Waals surface area (Å²) in [6.07, 6.45) is 2.06. The number of benzene rings is 2. The molecule has 1 atom stereocenters. The van der Waals surface area contributed by atoms with Gasteiger partial charge in [0.1, 0.15) is 0 Å². The van der Waals surface area contributed by atoms with Crippen molar-refractivity contribution >= 4 is 39.2 Å². The second-order valence-corrected chi connectivity index (χ2v) is 9.66. The van der Waals surface area contributed by atoms with Crippen LogP contribution in [0.5, 0.6) is 0 Å². The Hall–Kier alpha value is -2.71. The lowest BCUT2D eigenvalue weighted by Crippen LogP contribution is -2.40. The number of thioether (sulfide) groups is 1. The van der Waals surface area contributed by atoms with E-state index in [0.29, 0.717) is 22.8 Å². The van der Waals surface area contributed by atoms with Crippen LogP contribution < -0.4 is 0 Å². The number of para-hydroxylation sites is 1. The monoisotopic (exact) mass is 450 g/mol. The fourth-order valence-corrected chi connectivity index (χ4v) is 5.63. The standard InChI is InChI=1S/C23H22N4O2S2/c1-15-7-2-3-9-17(15)21-25-26-23(29-21)30-14-20(28)27-12-6-8-16(13-27)22-24-18-10-4-5-11-19(18)31-22/h2-5,7,9-11,16H,6,8,12-14H2,1H3. The van der Waals surface area contributed by atoms with Gasteiger partial charge in [-0.05, 0) is 43.5 Å². The number of fused-ring (bicyclic) bond motifs is 1. The number of aromatic nitrogens is 3. The first-order chi connectivity index (χ1) is 15.2. The predicted octanol–water partition coefficient (Wildman–Crippen LogP) is 5.15. The number of amides is 1. The lowest BCUT2D eigenvalue weighted by molar-refractivity contribution is -0.129. The topological polar surface area (TPSA) is 72.1 Å². The highest BCUT2D eigenvalue weighted by atomic mass is 32.2. The molecular weight excluding hydrogens is 428 g/mol. The van der Waals surface area contributed by atoms with E-state index in [1.165, 1.54) is 16.5 Å². The van der Waals surface area contributed by atoms with Gasteiger partial charge in [-0.25, -0.2) is 4.98 Å². The Labute approximate surface area is 188 Å². The van der Waals surface area contributed by atoms with Crippen LogP contribution in [-0.2, 0) is 4.79 Å². The van der Waals surface area contributed by atoms with Crippen LogP contribution in [0.1, 0.15) is 29.3 Å². The summed E-state index contributed by atoms with van der Waals surface area (Å²) in [5, 5.41) is 9.80. The number of carbonyl (C=O) groups excluding carboxylic acids is 1. The Morgan fingerprint density at radius 1 is 1.19 bits per heavy atom. The van der Waals surface area contributed by atoms with Crippen molar-refractivity contribution < 1.29 is 9.21 Å². The van der Waals surface area contributed by atoms with Crippen molar-refractivity contribution in [2.45, 2.75) is 30.9 Å².